The summed E-state index contributed by atoms with van der Waals surface area (Å²) in [7, 11) is -3.32. The highest BCUT2D eigenvalue weighted by Crippen LogP contribution is 2.21. The van der Waals surface area contributed by atoms with Gasteiger partial charge in [-0.25, -0.2) is 13.1 Å². The fourth-order valence-electron chi connectivity index (χ4n) is 2.83. The van der Waals surface area contributed by atoms with Gasteiger partial charge in [0.2, 0.25) is 10.0 Å². The molecule has 0 saturated carbocycles. The molecule has 1 aromatic rings. The number of hydrogen-bond acceptors (Lipinski definition) is 5. The van der Waals surface area contributed by atoms with Crippen molar-refractivity contribution in [2.75, 3.05) is 25.4 Å². The molecule has 0 spiro atoms. The average molecular weight is 408 g/mol. The molecule has 6 nitrogen and oxygen atoms in total. The zero-order chi connectivity index (χ0) is 18.4. The van der Waals surface area contributed by atoms with E-state index in [0.717, 1.165) is 25.9 Å². The van der Waals surface area contributed by atoms with Crippen molar-refractivity contribution in [3.63, 3.8) is 0 Å². The molecule has 0 unspecified atom stereocenters. The Balaban J connectivity index is 1.67. The number of nitrogens with one attached hydrogen (secondary N) is 2. The van der Waals surface area contributed by atoms with Crippen LogP contribution in [-0.2, 0) is 10.0 Å². The van der Waals surface area contributed by atoms with E-state index < -0.39 is 10.0 Å². The lowest BCUT2D eigenvalue weighted by Gasteiger charge is -2.34. The second-order valence-electron chi connectivity index (χ2n) is 6.55. The molecule has 1 aliphatic heterocycles. The summed E-state index contributed by atoms with van der Waals surface area (Å²) in [5.74, 6) is -0.202. The van der Waals surface area contributed by atoms with Gasteiger partial charge in [0.1, 0.15) is 0 Å². The Morgan fingerprint density at radius 2 is 2.04 bits per heavy atom. The number of carbonyl (C=O) groups is 1. The van der Waals surface area contributed by atoms with Gasteiger partial charge in [-0.2, -0.15) is 0 Å². The lowest BCUT2D eigenvalue weighted by atomic mass is 10.1. The summed E-state index contributed by atoms with van der Waals surface area (Å²) < 4.78 is 27.7. The SMILES string of the molecule is CC(C)N1CCC(NS(=O)(=O)CCCNC(=O)c2ccc(Cl)s2)CC1. The van der Waals surface area contributed by atoms with Gasteiger partial charge in [0.15, 0.2) is 0 Å². The monoisotopic (exact) mass is 407 g/mol. The molecule has 0 aliphatic carbocycles. The maximum Gasteiger partial charge on any atom is 0.261 e. The first-order valence-corrected chi connectivity index (χ1v) is 11.4. The fourth-order valence-corrected chi connectivity index (χ4v) is 5.18. The van der Waals surface area contributed by atoms with Crippen LogP contribution in [0.4, 0.5) is 0 Å². The number of rotatable bonds is 8. The van der Waals surface area contributed by atoms with Crippen molar-refractivity contribution < 1.29 is 13.2 Å². The van der Waals surface area contributed by atoms with E-state index in [9.17, 15) is 13.2 Å². The Hall–Kier alpha value is -0.670. The van der Waals surface area contributed by atoms with E-state index in [4.69, 9.17) is 11.6 Å². The smallest absolute Gasteiger partial charge is 0.261 e. The fraction of sp³-hybridized carbons (Fsp3) is 0.688. The molecule has 142 valence electrons. The van der Waals surface area contributed by atoms with E-state index in [0.29, 0.717) is 28.2 Å². The number of sulfonamides is 1. The highest BCUT2D eigenvalue weighted by atomic mass is 35.5. The van der Waals surface area contributed by atoms with Crippen LogP contribution in [0.2, 0.25) is 4.34 Å². The molecule has 1 fully saturated rings. The summed E-state index contributed by atoms with van der Waals surface area (Å²) >= 11 is 7.00. The standard InChI is InChI=1S/C16H26ClN3O3S2/c1-12(2)20-9-6-13(7-10-20)19-25(22,23)11-3-8-18-16(21)14-4-5-15(17)24-14/h4-5,12-13,19H,3,6-11H2,1-2H3,(H,18,21). The number of thiophene rings is 1. The second-order valence-corrected chi connectivity index (χ2v) is 10.1. The molecule has 2 N–H and O–H groups in total. The minimum Gasteiger partial charge on any atom is -0.351 e. The van der Waals surface area contributed by atoms with Crippen molar-refractivity contribution in [3.05, 3.63) is 21.3 Å². The predicted molar refractivity (Wildman–Crippen MR) is 103 cm³/mol. The third-order valence-electron chi connectivity index (χ3n) is 4.28. The van der Waals surface area contributed by atoms with Gasteiger partial charge in [-0.1, -0.05) is 11.6 Å². The van der Waals surface area contributed by atoms with Crippen LogP contribution in [0.3, 0.4) is 0 Å². The van der Waals surface area contributed by atoms with Gasteiger partial charge in [-0.3, -0.25) is 4.79 Å². The average Bonchev–Trinajstić information content (AvgIpc) is 2.98. The van der Waals surface area contributed by atoms with Crippen LogP contribution in [0.1, 0.15) is 42.8 Å². The Kier molecular flexibility index (Phi) is 7.69. The molecule has 1 aliphatic rings. The Morgan fingerprint density at radius 1 is 1.36 bits per heavy atom. The molecule has 0 bridgehead atoms. The van der Waals surface area contributed by atoms with Crippen LogP contribution in [0.15, 0.2) is 12.1 Å². The van der Waals surface area contributed by atoms with Crippen molar-refractivity contribution in [2.24, 2.45) is 0 Å². The molecule has 1 aromatic heterocycles. The zero-order valence-corrected chi connectivity index (χ0v) is 17.0. The van der Waals surface area contributed by atoms with Gasteiger partial charge in [0.05, 0.1) is 15.0 Å². The first kappa shape index (κ1) is 20.6. The van der Waals surface area contributed by atoms with Gasteiger partial charge in [-0.05, 0) is 58.3 Å². The summed E-state index contributed by atoms with van der Waals surface area (Å²) in [6.07, 6.45) is 2.06. The molecule has 1 amide bonds. The molecular weight excluding hydrogens is 382 g/mol. The van der Waals surface area contributed by atoms with Crippen LogP contribution < -0.4 is 10.0 Å². The topological polar surface area (TPSA) is 78.5 Å². The maximum absolute atomic E-state index is 12.2. The normalized spacial score (nSPS) is 17.1. The molecule has 1 saturated heterocycles. The number of hydrogen-bond donors (Lipinski definition) is 2. The number of carbonyl (C=O) groups excluding carboxylic acids is 1. The minimum atomic E-state index is -3.32. The van der Waals surface area contributed by atoms with Crippen molar-refractivity contribution >= 4 is 38.9 Å². The predicted octanol–water partition coefficient (Wildman–Crippen LogP) is 2.31. The van der Waals surface area contributed by atoms with Gasteiger partial charge >= 0.3 is 0 Å². The van der Waals surface area contributed by atoms with Crippen LogP contribution >= 0.6 is 22.9 Å². The first-order chi connectivity index (χ1) is 11.8. The summed E-state index contributed by atoms with van der Waals surface area (Å²) in [4.78, 5) is 14.7. The molecule has 0 aromatic carbocycles. The number of nitrogens with zero attached hydrogens (tertiary/aromatic N) is 1. The third kappa shape index (κ3) is 6.86. The van der Waals surface area contributed by atoms with Crippen LogP contribution in [0, 0.1) is 0 Å². The van der Waals surface area contributed by atoms with E-state index in [1.807, 2.05) is 0 Å². The molecule has 2 rings (SSSR count). The Morgan fingerprint density at radius 3 is 2.60 bits per heavy atom. The quantitative estimate of drug-likeness (QED) is 0.648. The van der Waals surface area contributed by atoms with E-state index in [1.54, 1.807) is 12.1 Å². The highest BCUT2D eigenvalue weighted by Gasteiger charge is 2.24. The van der Waals surface area contributed by atoms with E-state index in [1.165, 1.54) is 11.3 Å². The minimum absolute atomic E-state index is 0.0165. The Labute approximate surface area is 159 Å². The number of likely N-dealkylation sites (tertiary alicyclic amines) is 1. The lowest BCUT2D eigenvalue weighted by Crippen LogP contribution is -2.47. The summed E-state index contributed by atoms with van der Waals surface area (Å²) in [5.41, 5.74) is 0. The van der Waals surface area contributed by atoms with Crippen LogP contribution in [-0.4, -0.2) is 56.7 Å². The second kappa shape index (κ2) is 9.32. The van der Waals surface area contributed by atoms with Crippen molar-refractivity contribution in [1.82, 2.24) is 14.9 Å². The van der Waals surface area contributed by atoms with Gasteiger partial charge in [0.25, 0.3) is 5.91 Å². The first-order valence-electron chi connectivity index (χ1n) is 8.54. The molecule has 0 atom stereocenters. The number of halogens is 1. The maximum atomic E-state index is 12.2. The Bertz CT molecular complexity index is 668. The van der Waals surface area contributed by atoms with Crippen molar-refractivity contribution in [3.8, 4) is 0 Å². The van der Waals surface area contributed by atoms with E-state index >= 15 is 0 Å². The molecule has 9 heteroatoms. The molecule has 25 heavy (non-hydrogen) atoms. The molecule has 2 heterocycles. The van der Waals surface area contributed by atoms with Gasteiger partial charge in [-0.15, -0.1) is 11.3 Å². The largest absolute Gasteiger partial charge is 0.351 e. The number of piperidine rings is 1. The van der Waals surface area contributed by atoms with E-state index in [2.05, 4.69) is 28.8 Å². The van der Waals surface area contributed by atoms with Gasteiger partial charge < -0.3 is 10.2 Å². The van der Waals surface area contributed by atoms with Crippen LogP contribution in [0.25, 0.3) is 0 Å². The number of amides is 1. The van der Waals surface area contributed by atoms with E-state index in [-0.39, 0.29) is 17.7 Å². The third-order valence-corrected chi connectivity index (χ3v) is 7.03. The zero-order valence-electron chi connectivity index (χ0n) is 14.6. The summed E-state index contributed by atoms with van der Waals surface area (Å²) in [6.45, 7) is 6.47. The molecular formula is C16H26ClN3O3S2. The van der Waals surface area contributed by atoms with Crippen LogP contribution in [0.5, 0.6) is 0 Å². The molecule has 0 radical (unpaired) electrons. The summed E-state index contributed by atoms with van der Waals surface area (Å²) in [5, 5.41) is 2.72. The van der Waals surface area contributed by atoms with Crippen molar-refractivity contribution in [2.45, 2.75) is 45.2 Å². The highest BCUT2D eigenvalue weighted by molar-refractivity contribution is 7.89. The van der Waals surface area contributed by atoms with Crippen molar-refractivity contribution in [1.29, 1.82) is 0 Å². The van der Waals surface area contributed by atoms with Gasteiger partial charge in [0, 0.05) is 18.6 Å². The lowest BCUT2D eigenvalue weighted by molar-refractivity contribution is 0.0957. The summed E-state index contributed by atoms with van der Waals surface area (Å²) in [6, 6.07) is 3.84.